The van der Waals surface area contributed by atoms with Gasteiger partial charge in [0.25, 0.3) is 0 Å². The molecule has 1 saturated carbocycles. The highest BCUT2D eigenvalue weighted by Gasteiger charge is 2.25. The minimum Gasteiger partial charge on any atom is -0.489 e. The molecule has 1 saturated heterocycles. The molecule has 1 aliphatic carbocycles. The smallest absolute Gasteiger partial charge is 0.193 e. The summed E-state index contributed by atoms with van der Waals surface area (Å²) >= 11 is 0. The average molecular weight is 384 g/mol. The summed E-state index contributed by atoms with van der Waals surface area (Å²) in [4.78, 5) is 12.7. The number of nitrogens with one attached hydrogen (secondary N) is 1. The van der Waals surface area contributed by atoms with Crippen molar-refractivity contribution < 1.29 is 9.15 Å². The molecular weight excluding hydrogens is 350 g/mol. The maximum absolute atomic E-state index is 12.7. The van der Waals surface area contributed by atoms with Crippen molar-refractivity contribution in [3.63, 3.8) is 0 Å². The topological polar surface area (TPSA) is 51.5 Å². The van der Waals surface area contributed by atoms with Crippen molar-refractivity contribution in [2.45, 2.75) is 89.2 Å². The van der Waals surface area contributed by atoms with Gasteiger partial charge in [-0.05, 0) is 63.3 Å². The first kappa shape index (κ1) is 19.5. The van der Waals surface area contributed by atoms with E-state index in [4.69, 9.17) is 9.15 Å². The Morgan fingerprint density at radius 2 is 2.04 bits per heavy atom. The maximum atomic E-state index is 12.7. The third-order valence-corrected chi connectivity index (χ3v) is 6.40. The predicted octanol–water partition coefficient (Wildman–Crippen LogP) is 5.53. The molecule has 2 aromatic rings. The highest BCUT2D eigenvalue weighted by atomic mass is 16.5. The SMILES string of the molecule is CCCCCC(Oc1ccc2oc(C3CCC3)cc(=O)c2c1)C1CCCCN1. The number of hydrogen-bond acceptors (Lipinski definition) is 4. The van der Waals surface area contributed by atoms with Crippen molar-refractivity contribution in [2.75, 3.05) is 6.54 Å². The van der Waals surface area contributed by atoms with Gasteiger partial charge in [-0.3, -0.25) is 4.79 Å². The predicted molar refractivity (Wildman–Crippen MR) is 113 cm³/mol. The van der Waals surface area contributed by atoms with Gasteiger partial charge in [0, 0.05) is 18.0 Å². The molecular formula is C24H33NO3. The maximum Gasteiger partial charge on any atom is 0.193 e. The fraction of sp³-hybridized carbons (Fsp3) is 0.625. The number of ether oxygens (including phenoxy) is 1. The first-order valence-corrected chi connectivity index (χ1v) is 11.2. The molecule has 0 spiro atoms. The fourth-order valence-electron chi connectivity index (χ4n) is 4.43. The molecule has 2 aliphatic rings. The highest BCUT2D eigenvalue weighted by Crippen LogP contribution is 2.37. The van der Waals surface area contributed by atoms with Crippen LogP contribution in [-0.4, -0.2) is 18.7 Å². The van der Waals surface area contributed by atoms with Crippen LogP contribution in [0.3, 0.4) is 0 Å². The molecule has 1 N–H and O–H groups in total. The lowest BCUT2D eigenvalue weighted by Gasteiger charge is -2.32. The monoisotopic (exact) mass is 383 g/mol. The zero-order valence-electron chi connectivity index (χ0n) is 17.0. The summed E-state index contributed by atoms with van der Waals surface area (Å²) in [6.07, 6.45) is 12.0. The number of unbranched alkanes of at least 4 members (excludes halogenated alkanes) is 2. The third kappa shape index (κ3) is 4.43. The molecule has 2 heterocycles. The minimum atomic E-state index is 0.0481. The second-order valence-electron chi connectivity index (χ2n) is 8.51. The summed E-state index contributed by atoms with van der Waals surface area (Å²) in [6, 6.07) is 7.84. The molecule has 1 aliphatic heterocycles. The second-order valence-corrected chi connectivity index (χ2v) is 8.51. The van der Waals surface area contributed by atoms with E-state index in [0.29, 0.717) is 22.9 Å². The van der Waals surface area contributed by atoms with Crippen LogP contribution in [0.4, 0.5) is 0 Å². The van der Waals surface area contributed by atoms with Gasteiger partial charge in [-0.25, -0.2) is 0 Å². The van der Waals surface area contributed by atoms with E-state index in [9.17, 15) is 4.79 Å². The highest BCUT2D eigenvalue weighted by molar-refractivity contribution is 5.78. The van der Waals surface area contributed by atoms with E-state index < -0.39 is 0 Å². The van der Waals surface area contributed by atoms with E-state index >= 15 is 0 Å². The molecule has 4 nitrogen and oxygen atoms in total. The molecule has 2 fully saturated rings. The van der Waals surface area contributed by atoms with Crippen molar-refractivity contribution in [1.29, 1.82) is 0 Å². The van der Waals surface area contributed by atoms with Crippen LogP contribution in [0.5, 0.6) is 5.75 Å². The second kappa shape index (κ2) is 9.13. The Kier molecular flexibility index (Phi) is 6.36. The molecule has 4 heteroatoms. The van der Waals surface area contributed by atoms with Crippen LogP contribution < -0.4 is 15.5 Å². The first-order valence-electron chi connectivity index (χ1n) is 11.2. The van der Waals surface area contributed by atoms with E-state index in [1.807, 2.05) is 18.2 Å². The molecule has 2 atom stereocenters. The summed E-state index contributed by atoms with van der Waals surface area (Å²) in [6.45, 7) is 3.30. The van der Waals surface area contributed by atoms with Gasteiger partial charge in [0.2, 0.25) is 0 Å². The zero-order valence-corrected chi connectivity index (χ0v) is 17.0. The van der Waals surface area contributed by atoms with Crippen LogP contribution >= 0.6 is 0 Å². The van der Waals surface area contributed by atoms with E-state index in [-0.39, 0.29) is 11.5 Å². The van der Waals surface area contributed by atoms with E-state index in [1.165, 1.54) is 38.5 Å². The Labute approximate surface area is 167 Å². The largest absolute Gasteiger partial charge is 0.489 e. The number of benzene rings is 1. The van der Waals surface area contributed by atoms with Gasteiger partial charge in [-0.1, -0.05) is 32.6 Å². The zero-order chi connectivity index (χ0) is 19.3. The molecule has 4 rings (SSSR count). The van der Waals surface area contributed by atoms with Gasteiger partial charge in [-0.15, -0.1) is 0 Å². The standard InChI is InChI=1S/C24H33NO3/c1-2-3-4-11-23(20-10-5-6-14-25-20)27-18-12-13-22-19(15-18)21(26)16-24(28-22)17-8-7-9-17/h12-13,15-17,20,23,25H,2-11,14H2,1H3. The third-order valence-electron chi connectivity index (χ3n) is 6.40. The Morgan fingerprint density at radius 3 is 2.75 bits per heavy atom. The fourth-order valence-corrected chi connectivity index (χ4v) is 4.43. The van der Waals surface area contributed by atoms with E-state index in [2.05, 4.69) is 12.2 Å². The lowest BCUT2D eigenvalue weighted by Crippen LogP contribution is -2.45. The number of fused-ring (bicyclic) bond motifs is 1. The van der Waals surface area contributed by atoms with Crippen LogP contribution in [0.1, 0.15) is 82.8 Å². The van der Waals surface area contributed by atoms with Gasteiger partial charge in [0.1, 0.15) is 23.2 Å². The van der Waals surface area contributed by atoms with Crippen LogP contribution in [0.25, 0.3) is 11.0 Å². The molecule has 2 unspecified atom stereocenters. The first-order chi connectivity index (χ1) is 13.7. The molecule has 28 heavy (non-hydrogen) atoms. The Bertz CT molecular complexity index is 833. The van der Waals surface area contributed by atoms with Gasteiger partial charge in [-0.2, -0.15) is 0 Å². The Hall–Kier alpha value is -1.81. The lowest BCUT2D eigenvalue weighted by atomic mass is 9.83. The summed E-state index contributed by atoms with van der Waals surface area (Å²) < 4.78 is 12.5. The molecule has 0 bridgehead atoms. The summed E-state index contributed by atoms with van der Waals surface area (Å²) in [5.74, 6) is 2.06. The molecule has 152 valence electrons. The minimum absolute atomic E-state index is 0.0481. The lowest BCUT2D eigenvalue weighted by molar-refractivity contribution is 0.125. The Morgan fingerprint density at radius 1 is 1.14 bits per heavy atom. The van der Waals surface area contributed by atoms with Crippen molar-refractivity contribution in [3.05, 3.63) is 40.2 Å². The summed E-state index contributed by atoms with van der Waals surface area (Å²) in [5, 5.41) is 4.27. The van der Waals surface area contributed by atoms with Gasteiger partial charge in [0.15, 0.2) is 5.43 Å². The average Bonchev–Trinajstić information content (AvgIpc) is 2.67. The van der Waals surface area contributed by atoms with Gasteiger partial charge in [0.05, 0.1) is 5.39 Å². The van der Waals surface area contributed by atoms with Crippen molar-refractivity contribution in [2.24, 2.45) is 0 Å². The summed E-state index contributed by atoms with van der Waals surface area (Å²) in [5.41, 5.74) is 0.729. The number of piperidine rings is 1. The van der Waals surface area contributed by atoms with Gasteiger partial charge >= 0.3 is 0 Å². The molecule has 1 aromatic carbocycles. The number of hydrogen-bond donors (Lipinski definition) is 1. The van der Waals surface area contributed by atoms with Crippen LogP contribution in [-0.2, 0) is 0 Å². The van der Waals surface area contributed by atoms with Crippen LogP contribution in [0.15, 0.2) is 33.5 Å². The normalized spacial score (nSPS) is 21.4. The molecule has 0 amide bonds. The number of rotatable bonds is 8. The van der Waals surface area contributed by atoms with Gasteiger partial charge < -0.3 is 14.5 Å². The van der Waals surface area contributed by atoms with Crippen LogP contribution in [0, 0.1) is 0 Å². The molecule has 0 radical (unpaired) electrons. The van der Waals surface area contributed by atoms with Crippen molar-refractivity contribution in [3.8, 4) is 5.75 Å². The van der Waals surface area contributed by atoms with Crippen molar-refractivity contribution >= 4 is 11.0 Å². The summed E-state index contributed by atoms with van der Waals surface area (Å²) in [7, 11) is 0. The van der Waals surface area contributed by atoms with E-state index in [1.54, 1.807) is 6.07 Å². The van der Waals surface area contributed by atoms with Crippen molar-refractivity contribution in [1.82, 2.24) is 5.32 Å². The molecule has 1 aromatic heterocycles. The van der Waals surface area contributed by atoms with E-state index in [0.717, 1.165) is 43.7 Å². The quantitative estimate of drug-likeness (QED) is 0.609. The van der Waals surface area contributed by atoms with Crippen LogP contribution in [0.2, 0.25) is 0 Å². The Balaban J connectivity index is 1.53.